The van der Waals surface area contributed by atoms with Gasteiger partial charge in [0, 0.05) is 46.5 Å². The van der Waals surface area contributed by atoms with Crippen molar-refractivity contribution in [2.45, 2.75) is 0 Å². The summed E-state index contributed by atoms with van der Waals surface area (Å²) in [5, 5.41) is 15.4. The number of nitro benzene ring substituents is 1. The molecule has 0 saturated heterocycles. The van der Waals surface area contributed by atoms with E-state index in [1.165, 1.54) is 18.2 Å². The van der Waals surface area contributed by atoms with Crippen molar-refractivity contribution in [1.82, 2.24) is 19.9 Å². The van der Waals surface area contributed by atoms with Gasteiger partial charge in [-0.3, -0.25) is 24.9 Å². The molecular formula is C25H14N6O3. The largest absolute Gasteiger partial charge is 0.322 e. The number of pyridine rings is 2. The summed E-state index contributed by atoms with van der Waals surface area (Å²) in [6, 6.07) is 18.4. The van der Waals surface area contributed by atoms with Crippen molar-refractivity contribution >= 4 is 61.2 Å². The smallest absolute Gasteiger partial charge is 0.271 e. The van der Waals surface area contributed by atoms with Gasteiger partial charge in [0.05, 0.1) is 38.0 Å². The van der Waals surface area contributed by atoms with Crippen LogP contribution < -0.4 is 5.32 Å². The second-order valence-corrected chi connectivity index (χ2v) is 7.69. The molecule has 1 N–H and O–H groups in total. The van der Waals surface area contributed by atoms with Crippen LogP contribution in [0.1, 0.15) is 10.4 Å². The summed E-state index contributed by atoms with van der Waals surface area (Å²) in [6.07, 6.45) is 3.44. The quantitative estimate of drug-likeness (QED) is 0.175. The van der Waals surface area contributed by atoms with E-state index in [0.29, 0.717) is 33.3 Å². The third-order valence-electron chi connectivity index (χ3n) is 5.59. The van der Waals surface area contributed by atoms with Crippen molar-refractivity contribution in [3.63, 3.8) is 0 Å². The van der Waals surface area contributed by atoms with E-state index in [-0.39, 0.29) is 5.69 Å². The number of carbonyl (C=O) groups excluding carboxylic acids is 1. The Morgan fingerprint density at radius 3 is 2.12 bits per heavy atom. The highest BCUT2D eigenvalue weighted by atomic mass is 16.6. The molecule has 0 unspecified atom stereocenters. The molecule has 0 bridgehead atoms. The summed E-state index contributed by atoms with van der Waals surface area (Å²) in [5.41, 5.74) is 4.65. The lowest BCUT2D eigenvalue weighted by atomic mass is 10.1. The Morgan fingerprint density at radius 1 is 0.765 bits per heavy atom. The Morgan fingerprint density at radius 2 is 1.44 bits per heavy atom. The Balaban J connectivity index is 1.49. The number of hydrogen-bond donors (Lipinski definition) is 1. The number of benzene rings is 3. The minimum absolute atomic E-state index is 0.101. The lowest BCUT2D eigenvalue weighted by Crippen LogP contribution is -2.12. The van der Waals surface area contributed by atoms with E-state index in [9.17, 15) is 14.9 Å². The Labute approximate surface area is 191 Å². The molecule has 6 aromatic rings. The summed E-state index contributed by atoms with van der Waals surface area (Å²) < 4.78 is 0. The van der Waals surface area contributed by atoms with Crippen LogP contribution in [0.4, 0.5) is 11.4 Å². The number of hydrogen-bond acceptors (Lipinski definition) is 7. The van der Waals surface area contributed by atoms with Crippen LogP contribution in [-0.4, -0.2) is 30.8 Å². The molecule has 0 fully saturated rings. The van der Waals surface area contributed by atoms with Crippen LogP contribution in [0.15, 0.2) is 79.1 Å². The zero-order valence-corrected chi connectivity index (χ0v) is 17.5. The average Bonchev–Trinajstić information content (AvgIpc) is 2.87. The Kier molecular flexibility index (Phi) is 4.34. The summed E-state index contributed by atoms with van der Waals surface area (Å²) in [6.45, 7) is 0. The summed E-state index contributed by atoms with van der Waals surface area (Å²) in [4.78, 5) is 42.0. The van der Waals surface area contributed by atoms with Gasteiger partial charge in [-0.15, -0.1) is 0 Å². The molecule has 0 spiro atoms. The topological polar surface area (TPSA) is 124 Å². The van der Waals surface area contributed by atoms with Gasteiger partial charge >= 0.3 is 0 Å². The molecule has 0 aliphatic carbocycles. The first-order valence-corrected chi connectivity index (χ1v) is 10.4. The summed E-state index contributed by atoms with van der Waals surface area (Å²) in [7, 11) is 0. The van der Waals surface area contributed by atoms with Crippen LogP contribution in [0, 0.1) is 10.1 Å². The molecule has 0 saturated carbocycles. The lowest BCUT2D eigenvalue weighted by Gasteiger charge is -2.10. The number of rotatable bonds is 3. The maximum atomic E-state index is 12.8. The normalized spacial score (nSPS) is 11.3. The van der Waals surface area contributed by atoms with Crippen molar-refractivity contribution in [3.8, 4) is 0 Å². The Bertz CT molecular complexity index is 1800. The Hall–Kier alpha value is -5.05. The van der Waals surface area contributed by atoms with Gasteiger partial charge in [0.2, 0.25) is 0 Å². The number of nitrogens with one attached hydrogen (secondary N) is 1. The van der Waals surface area contributed by atoms with Gasteiger partial charge in [-0.25, -0.2) is 9.97 Å². The molecule has 0 aliphatic heterocycles. The minimum atomic E-state index is -0.509. The average molecular weight is 446 g/mol. The van der Waals surface area contributed by atoms with Crippen LogP contribution in [0.25, 0.3) is 43.9 Å². The maximum absolute atomic E-state index is 12.8. The molecule has 3 aromatic carbocycles. The standard InChI is InChI=1S/C25H14N6O3/c32-25(28-15-4-1-5-16(13-15)31(33)34)14-8-9-19-20(12-14)30-24-18-7-3-11-27-22(18)21-17(23(24)29-19)6-2-10-26-21/h1-13H,(H,28,32). The van der Waals surface area contributed by atoms with Gasteiger partial charge in [0.1, 0.15) is 0 Å². The van der Waals surface area contributed by atoms with E-state index in [1.54, 1.807) is 36.7 Å². The minimum Gasteiger partial charge on any atom is -0.322 e. The monoisotopic (exact) mass is 446 g/mol. The lowest BCUT2D eigenvalue weighted by molar-refractivity contribution is -0.384. The van der Waals surface area contributed by atoms with Gasteiger partial charge in [0.15, 0.2) is 0 Å². The molecule has 1 amide bonds. The molecule has 0 atom stereocenters. The zero-order chi connectivity index (χ0) is 23.2. The molecule has 3 aromatic heterocycles. The number of amides is 1. The molecule has 34 heavy (non-hydrogen) atoms. The number of aromatic nitrogens is 4. The molecule has 162 valence electrons. The second kappa shape index (κ2) is 7.52. The first kappa shape index (κ1) is 19.6. The van der Waals surface area contributed by atoms with E-state index >= 15 is 0 Å². The molecule has 9 heteroatoms. The molecule has 0 aliphatic rings. The summed E-state index contributed by atoms with van der Waals surface area (Å²) >= 11 is 0. The van der Waals surface area contributed by atoms with Gasteiger partial charge in [-0.05, 0) is 48.5 Å². The molecule has 9 nitrogen and oxygen atoms in total. The first-order chi connectivity index (χ1) is 16.6. The van der Waals surface area contributed by atoms with Crippen molar-refractivity contribution in [1.29, 1.82) is 0 Å². The van der Waals surface area contributed by atoms with E-state index in [1.807, 2.05) is 24.3 Å². The summed E-state index contributed by atoms with van der Waals surface area (Å²) in [5.74, 6) is -0.404. The van der Waals surface area contributed by atoms with E-state index < -0.39 is 10.8 Å². The number of carbonyl (C=O) groups is 1. The fourth-order valence-electron chi connectivity index (χ4n) is 4.04. The molecule has 3 heterocycles. The third kappa shape index (κ3) is 3.15. The fraction of sp³-hybridized carbons (Fsp3) is 0. The zero-order valence-electron chi connectivity index (χ0n) is 17.5. The van der Waals surface area contributed by atoms with Crippen LogP contribution >= 0.6 is 0 Å². The SMILES string of the molecule is O=C(Nc1cccc([N+](=O)[O-])c1)c1ccc2nc3c4cccnc4c4ncccc4c3nc2c1. The van der Waals surface area contributed by atoms with Gasteiger partial charge < -0.3 is 5.32 Å². The highest BCUT2D eigenvalue weighted by Crippen LogP contribution is 2.32. The van der Waals surface area contributed by atoms with Crippen LogP contribution in [0.2, 0.25) is 0 Å². The van der Waals surface area contributed by atoms with Crippen molar-refractivity contribution in [3.05, 3.63) is 94.8 Å². The highest BCUT2D eigenvalue weighted by Gasteiger charge is 2.15. The number of fused-ring (bicyclic) bond motifs is 7. The van der Waals surface area contributed by atoms with Crippen molar-refractivity contribution in [2.75, 3.05) is 5.32 Å². The number of non-ortho nitro benzene ring substituents is 1. The predicted octanol–water partition coefficient (Wildman–Crippen LogP) is 5.04. The number of nitrogens with zero attached hydrogens (tertiary/aromatic N) is 5. The molecule has 6 rings (SSSR count). The number of nitro groups is 1. The van der Waals surface area contributed by atoms with Gasteiger partial charge in [0.25, 0.3) is 11.6 Å². The van der Waals surface area contributed by atoms with Crippen LogP contribution in [0.5, 0.6) is 0 Å². The number of anilines is 1. The van der Waals surface area contributed by atoms with Crippen molar-refractivity contribution in [2.24, 2.45) is 0 Å². The van der Waals surface area contributed by atoms with Gasteiger partial charge in [-0.1, -0.05) is 6.07 Å². The maximum Gasteiger partial charge on any atom is 0.271 e. The van der Waals surface area contributed by atoms with E-state index in [0.717, 1.165) is 21.8 Å². The predicted molar refractivity (Wildman–Crippen MR) is 129 cm³/mol. The molecule has 0 radical (unpaired) electrons. The second-order valence-electron chi connectivity index (χ2n) is 7.69. The van der Waals surface area contributed by atoms with Crippen LogP contribution in [-0.2, 0) is 0 Å². The van der Waals surface area contributed by atoms with Crippen LogP contribution in [0.3, 0.4) is 0 Å². The fourth-order valence-corrected chi connectivity index (χ4v) is 4.04. The van der Waals surface area contributed by atoms with E-state index in [2.05, 4.69) is 15.3 Å². The van der Waals surface area contributed by atoms with Crippen molar-refractivity contribution < 1.29 is 9.72 Å². The van der Waals surface area contributed by atoms with E-state index in [4.69, 9.17) is 9.97 Å². The molecular weight excluding hydrogens is 432 g/mol. The van der Waals surface area contributed by atoms with Gasteiger partial charge in [-0.2, -0.15) is 0 Å². The highest BCUT2D eigenvalue weighted by molar-refractivity contribution is 6.21. The third-order valence-corrected chi connectivity index (χ3v) is 5.59. The first-order valence-electron chi connectivity index (χ1n) is 10.4.